The topological polar surface area (TPSA) is 35.5 Å². The van der Waals surface area contributed by atoms with Crippen LogP contribution in [0.1, 0.15) is 55.8 Å². The molecule has 0 aliphatic rings. The van der Waals surface area contributed by atoms with E-state index in [1.54, 1.807) is 24.3 Å². The number of ether oxygens (including phenoxy) is 2. The Morgan fingerprint density at radius 2 is 1.68 bits per heavy atom. The fourth-order valence-electron chi connectivity index (χ4n) is 2.46. The smallest absolute Gasteiger partial charge is 0.343 e. The Bertz CT molecular complexity index is 655. The van der Waals surface area contributed by atoms with E-state index in [-0.39, 0.29) is 11.3 Å². The van der Waals surface area contributed by atoms with Crippen LogP contribution < -0.4 is 9.47 Å². The van der Waals surface area contributed by atoms with Gasteiger partial charge in [-0.2, -0.15) is 0 Å². The number of halogens is 1. The van der Waals surface area contributed by atoms with Gasteiger partial charge in [0.1, 0.15) is 5.75 Å². The van der Waals surface area contributed by atoms with Gasteiger partial charge in [-0.15, -0.1) is 0 Å². The first-order valence-electron chi connectivity index (χ1n) is 8.90. The van der Waals surface area contributed by atoms with E-state index < -0.39 is 11.8 Å². The summed E-state index contributed by atoms with van der Waals surface area (Å²) in [5.41, 5.74) is 0.160. The molecule has 0 N–H and O–H groups in total. The summed E-state index contributed by atoms with van der Waals surface area (Å²) in [4.78, 5) is 12.0. The van der Waals surface area contributed by atoms with Gasteiger partial charge >= 0.3 is 5.97 Å². The zero-order valence-corrected chi connectivity index (χ0v) is 14.7. The number of benzene rings is 2. The maximum absolute atomic E-state index is 14.1. The third-order valence-electron chi connectivity index (χ3n) is 3.88. The Balaban J connectivity index is 1.80. The highest BCUT2D eigenvalue weighted by molar-refractivity contribution is 5.91. The van der Waals surface area contributed by atoms with Crippen LogP contribution in [0.4, 0.5) is 4.39 Å². The molecular formula is C21H25FO3. The van der Waals surface area contributed by atoms with Crippen LogP contribution in [0, 0.1) is 5.82 Å². The molecule has 0 aromatic heterocycles. The molecule has 0 fully saturated rings. The molecule has 4 heteroatoms. The maximum Gasteiger partial charge on any atom is 0.343 e. The molecule has 0 radical (unpaired) electrons. The minimum absolute atomic E-state index is 0.160. The number of para-hydroxylation sites is 1. The first-order valence-corrected chi connectivity index (χ1v) is 8.90. The molecular weight excluding hydrogens is 319 g/mol. The highest BCUT2D eigenvalue weighted by Gasteiger charge is 2.12. The summed E-state index contributed by atoms with van der Waals surface area (Å²) in [7, 11) is 0. The molecule has 2 aromatic rings. The molecule has 0 saturated carbocycles. The van der Waals surface area contributed by atoms with Gasteiger partial charge in [-0.1, -0.05) is 57.2 Å². The van der Waals surface area contributed by atoms with Gasteiger partial charge in [0.05, 0.1) is 12.2 Å². The number of hydrogen-bond acceptors (Lipinski definition) is 3. The molecule has 2 rings (SSSR count). The zero-order chi connectivity index (χ0) is 17.9. The van der Waals surface area contributed by atoms with Crippen LogP contribution in [0.25, 0.3) is 0 Å². The van der Waals surface area contributed by atoms with Crippen LogP contribution in [0.15, 0.2) is 48.5 Å². The third kappa shape index (κ3) is 6.57. The normalized spacial score (nSPS) is 10.5. The highest BCUT2D eigenvalue weighted by Crippen LogP contribution is 2.20. The summed E-state index contributed by atoms with van der Waals surface area (Å²) < 4.78 is 24.8. The number of hydrogen-bond donors (Lipinski definition) is 0. The van der Waals surface area contributed by atoms with Crippen LogP contribution in [-0.4, -0.2) is 12.6 Å². The second kappa shape index (κ2) is 10.5. The molecule has 0 unspecified atom stereocenters. The lowest BCUT2D eigenvalue weighted by Gasteiger charge is -2.09. The third-order valence-corrected chi connectivity index (χ3v) is 3.88. The lowest BCUT2D eigenvalue weighted by atomic mass is 10.1. The van der Waals surface area contributed by atoms with Crippen LogP contribution in [-0.2, 0) is 0 Å². The molecule has 134 valence electrons. The van der Waals surface area contributed by atoms with Gasteiger partial charge in [-0.25, -0.2) is 9.18 Å². The predicted octanol–water partition coefficient (Wildman–Crippen LogP) is 5.78. The maximum atomic E-state index is 14.1. The van der Waals surface area contributed by atoms with Crippen LogP contribution in [0.5, 0.6) is 11.5 Å². The summed E-state index contributed by atoms with van der Waals surface area (Å²) in [6.45, 7) is 2.67. The Kier molecular flexibility index (Phi) is 7.96. The van der Waals surface area contributed by atoms with Gasteiger partial charge in [-0.05, 0) is 36.8 Å². The summed E-state index contributed by atoms with van der Waals surface area (Å²) in [6, 6.07) is 12.9. The van der Waals surface area contributed by atoms with Crippen molar-refractivity contribution >= 4 is 5.97 Å². The monoisotopic (exact) mass is 344 g/mol. The van der Waals surface area contributed by atoms with Crippen molar-refractivity contribution in [3.05, 3.63) is 59.9 Å². The minimum atomic E-state index is -0.590. The highest BCUT2D eigenvalue weighted by atomic mass is 19.1. The van der Waals surface area contributed by atoms with Crippen LogP contribution in [0.2, 0.25) is 0 Å². The van der Waals surface area contributed by atoms with Gasteiger partial charge < -0.3 is 9.47 Å². The number of esters is 1. The van der Waals surface area contributed by atoms with Crippen molar-refractivity contribution in [3.63, 3.8) is 0 Å². The van der Waals surface area contributed by atoms with Gasteiger partial charge in [-0.3, -0.25) is 0 Å². The van der Waals surface area contributed by atoms with E-state index in [2.05, 4.69) is 6.92 Å². The quantitative estimate of drug-likeness (QED) is 0.311. The number of carbonyl (C=O) groups is 1. The summed E-state index contributed by atoms with van der Waals surface area (Å²) in [6.07, 6.45) is 6.90. The molecule has 0 saturated heterocycles. The van der Waals surface area contributed by atoms with Gasteiger partial charge in [0.15, 0.2) is 11.6 Å². The second-order valence-electron chi connectivity index (χ2n) is 5.96. The average Bonchev–Trinajstić information content (AvgIpc) is 2.63. The molecule has 25 heavy (non-hydrogen) atoms. The van der Waals surface area contributed by atoms with Crippen molar-refractivity contribution in [1.82, 2.24) is 0 Å². The summed E-state index contributed by atoms with van der Waals surface area (Å²) in [5.74, 6) is -0.540. The molecule has 0 aliphatic heterocycles. The Morgan fingerprint density at radius 3 is 2.40 bits per heavy atom. The Morgan fingerprint density at radius 1 is 0.960 bits per heavy atom. The molecule has 2 aromatic carbocycles. The standard InChI is InChI=1S/C21H25FO3/c1-2-3-4-5-6-10-15-24-20-14-13-17(16-19(20)22)21(23)25-18-11-8-7-9-12-18/h7-9,11-14,16H,2-6,10,15H2,1H3. The van der Waals surface area contributed by atoms with E-state index in [0.29, 0.717) is 12.4 Å². The van der Waals surface area contributed by atoms with E-state index >= 15 is 0 Å². The fraction of sp³-hybridized carbons (Fsp3) is 0.381. The van der Waals surface area contributed by atoms with E-state index in [1.807, 2.05) is 6.07 Å². The van der Waals surface area contributed by atoms with Gasteiger partial charge in [0.2, 0.25) is 0 Å². The summed E-state index contributed by atoms with van der Waals surface area (Å²) in [5, 5.41) is 0. The van der Waals surface area contributed by atoms with E-state index in [9.17, 15) is 9.18 Å². The molecule has 0 spiro atoms. The number of unbranched alkanes of at least 4 members (excludes halogenated alkanes) is 5. The molecule has 0 aliphatic carbocycles. The summed E-state index contributed by atoms with van der Waals surface area (Å²) >= 11 is 0. The fourth-order valence-corrected chi connectivity index (χ4v) is 2.46. The molecule has 0 atom stereocenters. The van der Waals surface area contributed by atoms with Crippen molar-refractivity contribution < 1.29 is 18.7 Å². The predicted molar refractivity (Wildman–Crippen MR) is 96.7 cm³/mol. The van der Waals surface area contributed by atoms with Crippen LogP contribution >= 0.6 is 0 Å². The lowest BCUT2D eigenvalue weighted by molar-refractivity contribution is 0.0734. The minimum Gasteiger partial charge on any atom is -0.491 e. The van der Waals surface area contributed by atoms with E-state index in [1.165, 1.54) is 37.8 Å². The Labute approximate surface area is 148 Å². The van der Waals surface area contributed by atoms with Crippen molar-refractivity contribution in [2.24, 2.45) is 0 Å². The molecule has 3 nitrogen and oxygen atoms in total. The number of rotatable bonds is 10. The Hall–Kier alpha value is -2.36. The van der Waals surface area contributed by atoms with Crippen LogP contribution in [0.3, 0.4) is 0 Å². The first-order chi connectivity index (χ1) is 12.2. The van der Waals surface area contributed by atoms with Crippen molar-refractivity contribution in [2.75, 3.05) is 6.61 Å². The van der Waals surface area contributed by atoms with Gasteiger partial charge in [0.25, 0.3) is 0 Å². The second-order valence-corrected chi connectivity index (χ2v) is 5.96. The van der Waals surface area contributed by atoms with Crippen molar-refractivity contribution in [1.29, 1.82) is 0 Å². The molecule has 0 bridgehead atoms. The van der Waals surface area contributed by atoms with E-state index in [4.69, 9.17) is 9.47 Å². The zero-order valence-electron chi connectivity index (χ0n) is 14.7. The lowest BCUT2D eigenvalue weighted by Crippen LogP contribution is -2.09. The molecule has 0 amide bonds. The van der Waals surface area contributed by atoms with Crippen molar-refractivity contribution in [2.45, 2.75) is 45.4 Å². The molecule has 0 heterocycles. The number of carbonyl (C=O) groups excluding carboxylic acids is 1. The largest absolute Gasteiger partial charge is 0.491 e. The first kappa shape index (κ1) is 19.0. The van der Waals surface area contributed by atoms with Crippen molar-refractivity contribution in [3.8, 4) is 11.5 Å². The van der Waals surface area contributed by atoms with Gasteiger partial charge in [0, 0.05) is 0 Å². The van der Waals surface area contributed by atoms with E-state index in [0.717, 1.165) is 18.9 Å². The average molecular weight is 344 g/mol. The SMILES string of the molecule is CCCCCCCCOc1ccc(C(=O)Oc2ccccc2)cc1F.